The predicted octanol–water partition coefficient (Wildman–Crippen LogP) is 5.10. The van der Waals surface area contributed by atoms with Gasteiger partial charge in [-0.25, -0.2) is 4.98 Å². The SMILES string of the molecule is COc1ccccc1C(=O)NCCCc1nc2ccccc2n1CCOc1c(C)cccc1C. The van der Waals surface area contributed by atoms with Gasteiger partial charge in [-0.15, -0.1) is 0 Å². The molecule has 0 aliphatic heterocycles. The normalized spacial score (nSPS) is 10.9. The van der Waals surface area contributed by atoms with Crippen molar-refractivity contribution in [2.45, 2.75) is 33.2 Å². The first-order valence-corrected chi connectivity index (χ1v) is 11.6. The average molecular weight is 458 g/mol. The Morgan fingerprint density at radius 1 is 0.971 bits per heavy atom. The molecule has 0 spiro atoms. The monoisotopic (exact) mass is 457 g/mol. The molecule has 0 atom stereocenters. The van der Waals surface area contributed by atoms with E-state index in [1.165, 1.54) is 0 Å². The molecule has 0 fully saturated rings. The van der Waals surface area contributed by atoms with Crippen molar-refractivity contribution < 1.29 is 14.3 Å². The van der Waals surface area contributed by atoms with Crippen LogP contribution in [0.5, 0.6) is 11.5 Å². The number of carbonyl (C=O) groups excluding carboxylic acids is 1. The predicted molar refractivity (Wildman–Crippen MR) is 135 cm³/mol. The fourth-order valence-corrected chi connectivity index (χ4v) is 4.21. The maximum atomic E-state index is 12.5. The molecule has 1 heterocycles. The molecule has 0 bridgehead atoms. The number of amides is 1. The molecule has 1 N–H and O–H groups in total. The van der Waals surface area contributed by atoms with Gasteiger partial charge >= 0.3 is 0 Å². The van der Waals surface area contributed by atoms with Gasteiger partial charge in [-0.2, -0.15) is 0 Å². The Balaban J connectivity index is 1.39. The first-order chi connectivity index (χ1) is 16.6. The molecule has 4 rings (SSSR count). The minimum Gasteiger partial charge on any atom is -0.496 e. The first-order valence-electron chi connectivity index (χ1n) is 11.6. The number of aromatic nitrogens is 2. The molecule has 34 heavy (non-hydrogen) atoms. The number of aryl methyl sites for hydroxylation is 3. The van der Waals surface area contributed by atoms with Crippen LogP contribution >= 0.6 is 0 Å². The molecule has 176 valence electrons. The van der Waals surface area contributed by atoms with Crippen LogP contribution < -0.4 is 14.8 Å². The zero-order chi connectivity index (χ0) is 23.9. The molecule has 0 unspecified atom stereocenters. The van der Waals surface area contributed by atoms with E-state index in [1.54, 1.807) is 19.2 Å². The van der Waals surface area contributed by atoms with E-state index in [0.717, 1.165) is 46.6 Å². The highest BCUT2D eigenvalue weighted by molar-refractivity contribution is 5.96. The van der Waals surface area contributed by atoms with Crippen molar-refractivity contribution in [3.8, 4) is 11.5 Å². The van der Waals surface area contributed by atoms with E-state index >= 15 is 0 Å². The molecule has 0 aliphatic rings. The van der Waals surface area contributed by atoms with Gasteiger partial charge in [-0.1, -0.05) is 42.5 Å². The highest BCUT2D eigenvalue weighted by Crippen LogP contribution is 2.23. The van der Waals surface area contributed by atoms with Gasteiger partial charge in [0.25, 0.3) is 5.91 Å². The third-order valence-electron chi connectivity index (χ3n) is 5.92. The van der Waals surface area contributed by atoms with E-state index in [0.29, 0.717) is 31.0 Å². The summed E-state index contributed by atoms with van der Waals surface area (Å²) in [5, 5.41) is 2.99. The quantitative estimate of drug-likeness (QED) is 0.336. The smallest absolute Gasteiger partial charge is 0.255 e. The number of imidazole rings is 1. The highest BCUT2D eigenvalue weighted by Gasteiger charge is 2.13. The van der Waals surface area contributed by atoms with Crippen molar-refractivity contribution in [2.75, 3.05) is 20.3 Å². The Hall–Kier alpha value is -3.80. The Morgan fingerprint density at radius 3 is 2.50 bits per heavy atom. The highest BCUT2D eigenvalue weighted by atomic mass is 16.5. The largest absolute Gasteiger partial charge is 0.496 e. The van der Waals surface area contributed by atoms with Gasteiger partial charge in [-0.3, -0.25) is 4.79 Å². The molecule has 0 saturated carbocycles. The molecule has 6 nitrogen and oxygen atoms in total. The number of methoxy groups -OCH3 is 1. The molecule has 1 amide bonds. The fraction of sp³-hybridized carbons (Fsp3) is 0.286. The third-order valence-corrected chi connectivity index (χ3v) is 5.92. The lowest BCUT2D eigenvalue weighted by atomic mass is 10.1. The molecule has 0 aliphatic carbocycles. The first kappa shape index (κ1) is 23.4. The molecular weight excluding hydrogens is 426 g/mol. The summed E-state index contributed by atoms with van der Waals surface area (Å²) in [4.78, 5) is 17.4. The van der Waals surface area contributed by atoms with Crippen molar-refractivity contribution in [3.05, 3.63) is 89.2 Å². The van der Waals surface area contributed by atoms with Crippen LogP contribution in [0.3, 0.4) is 0 Å². The average Bonchev–Trinajstić information content (AvgIpc) is 3.20. The lowest BCUT2D eigenvalue weighted by Gasteiger charge is -2.14. The van der Waals surface area contributed by atoms with Crippen LogP contribution in [0.1, 0.15) is 33.7 Å². The van der Waals surface area contributed by atoms with Gasteiger partial charge < -0.3 is 19.4 Å². The molecular formula is C28H31N3O3. The second kappa shape index (κ2) is 10.9. The Bertz CT molecular complexity index is 1260. The zero-order valence-electron chi connectivity index (χ0n) is 20.0. The van der Waals surface area contributed by atoms with Gasteiger partial charge in [-0.05, 0) is 55.7 Å². The lowest BCUT2D eigenvalue weighted by Crippen LogP contribution is -2.25. The van der Waals surface area contributed by atoms with E-state index in [9.17, 15) is 4.79 Å². The van der Waals surface area contributed by atoms with Crippen LogP contribution in [0.2, 0.25) is 0 Å². The molecule has 3 aromatic carbocycles. The maximum Gasteiger partial charge on any atom is 0.255 e. The van der Waals surface area contributed by atoms with Gasteiger partial charge in [0, 0.05) is 13.0 Å². The van der Waals surface area contributed by atoms with Gasteiger partial charge in [0.05, 0.1) is 30.3 Å². The molecule has 4 aromatic rings. The van der Waals surface area contributed by atoms with Crippen LogP contribution in [0, 0.1) is 13.8 Å². The van der Waals surface area contributed by atoms with E-state index in [-0.39, 0.29) is 5.91 Å². The summed E-state index contributed by atoms with van der Waals surface area (Å²) in [5.41, 5.74) is 4.90. The second-order valence-electron chi connectivity index (χ2n) is 8.30. The van der Waals surface area contributed by atoms with Crippen LogP contribution in [0.15, 0.2) is 66.7 Å². The topological polar surface area (TPSA) is 65.4 Å². The van der Waals surface area contributed by atoms with Crippen molar-refractivity contribution >= 4 is 16.9 Å². The Morgan fingerprint density at radius 2 is 1.71 bits per heavy atom. The molecule has 6 heteroatoms. The molecule has 0 radical (unpaired) electrons. The Labute approximate surface area is 200 Å². The van der Waals surface area contributed by atoms with Gasteiger partial charge in [0.1, 0.15) is 23.9 Å². The summed E-state index contributed by atoms with van der Waals surface area (Å²) >= 11 is 0. The van der Waals surface area contributed by atoms with Crippen LogP contribution in [0.25, 0.3) is 11.0 Å². The number of fused-ring (bicyclic) bond motifs is 1. The number of benzene rings is 3. The van der Waals surface area contributed by atoms with Crippen LogP contribution in [-0.4, -0.2) is 35.7 Å². The van der Waals surface area contributed by atoms with Crippen molar-refractivity contribution in [1.29, 1.82) is 0 Å². The van der Waals surface area contributed by atoms with Crippen molar-refractivity contribution in [1.82, 2.24) is 14.9 Å². The van der Waals surface area contributed by atoms with Crippen LogP contribution in [-0.2, 0) is 13.0 Å². The maximum absolute atomic E-state index is 12.5. The minimum atomic E-state index is -0.132. The number of ether oxygens (including phenoxy) is 2. The van der Waals surface area contributed by atoms with Gasteiger partial charge in [0.2, 0.25) is 0 Å². The standard InChI is InChI=1S/C28H31N3O3/c1-20-10-8-11-21(2)27(20)34-19-18-31-24-14-6-5-13-23(24)30-26(31)16-9-17-29-28(32)22-12-4-7-15-25(22)33-3/h4-8,10-15H,9,16-19H2,1-3H3,(H,29,32). The van der Waals surface area contributed by atoms with E-state index in [1.807, 2.05) is 36.4 Å². The van der Waals surface area contributed by atoms with Crippen LogP contribution in [0.4, 0.5) is 0 Å². The second-order valence-corrected chi connectivity index (χ2v) is 8.30. The number of nitrogens with zero attached hydrogens (tertiary/aromatic N) is 2. The summed E-state index contributed by atoms with van der Waals surface area (Å²) in [7, 11) is 1.57. The number of carbonyl (C=O) groups is 1. The van der Waals surface area contributed by atoms with Crippen molar-refractivity contribution in [3.63, 3.8) is 0 Å². The minimum absolute atomic E-state index is 0.132. The number of hydrogen-bond acceptors (Lipinski definition) is 4. The van der Waals surface area contributed by atoms with Crippen molar-refractivity contribution in [2.24, 2.45) is 0 Å². The van der Waals surface area contributed by atoms with E-state index in [2.05, 4.69) is 41.9 Å². The molecule has 0 saturated heterocycles. The number of para-hydroxylation sites is 4. The third kappa shape index (κ3) is 5.22. The fourth-order valence-electron chi connectivity index (χ4n) is 4.21. The summed E-state index contributed by atoms with van der Waals surface area (Å²) in [6.07, 6.45) is 1.53. The number of hydrogen-bond donors (Lipinski definition) is 1. The lowest BCUT2D eigenvalue weighted by molar-refractivity contribution is 0.0950. The van der Waals surface area contributed by atoms with Gasteiger partial charge in [0.15, 0.2) is 0 Å². The number of nitrogens with one attached hydrogen (secondary N) is 1. The zero-order valence-corrected chi connectivity index (χ0v) is 20.0. The Kier molecular flexibility index (Phi) is 7.48. The van der Waals surface area contributed by atoms with E-state index < -0.39 is 0 Å². The summed E-state index contributed by atoms with van der Waals surface area (Å²) in [5.74, 6) is 2.39. The van der Waals surface area contributed by atoms with E-state index in [4.69, 9.17) is 14.5 Å². The number of rotatable bonds is 10. The summed E-state index contributed by atoms with van der Waals surface area (Å²) in [6.45, 7) is 5.96. The summed E-state index contributed by atoms with van der Waals surface area (Å²) in [6, 6.07) is 21.6. The summed E-state index contributed by atoms with van der Waals surface area (Å²) < 4.78 is 13.7. The molecule has 1 aromatic heterocycles.